The summed E-state index contributed by atoms with van der Waals surface area (Å²) in [6.45, 7) is 2.55. The molecule has 0 saturated carbocycles. The van der Waals surface area contributed by atoms with E-state index in [-0.39, 0.29) is 5.91 Å². The van der Waals surface area contributed by atoms with Gasteiger partial charge >= 0.3 is 0 Å². The molecule has 0 aliphatic rings. The molecule has 0 aliphatic carbocycles. The van der Waals surface area contributed by atoms with E-state index in [1.165, 1.54) is 6.33 Å². The van der Waals surface area contributed by atoms with Gasteiger partial charge in [0.25, 0.3) is 5.91 Å². The van der Waals surface area contributed by atoms with Crippen molar-refractivity contribution in [2.24, 2.45) is 0 Å². The Morgan fingerprint density at radius 1 is 1.04 bits per heavy atom. The molecular weight excluding hydrogens is 312 g/mol. The summed E-state index contributed by atoms with van der Waals surface area (Å²) < 4.78 is 0. The number of rotatable bonds is 5. The molecule has 0 unspecified atom stereocenters. The fourth-order valence-corrected chi connectivity index (χ4v) is 2.52. The third kappa shape index (κ3) is 4.20. The summed E-state index contributed by atoms with van der Waals surface area (Å²) in [6.07, 6.45) is 1.41. The van der Waals surface area contributed by atoms with E-state index in [2.05, 4.69) is 15.3 Å². The Morgan fingerprint density at radius 2 is 1.76 bits per heavy atom. The highest BCUT2D eigenvalue weighted by Gasteiger charge is 2.14. The number of carbonyl (C=O) groups is 1. The first-order valence-corrected chi connectivity index (χ1v) is 8.07. The number of aromatic nitrogens is 2. The number of nitrogens with zero attached hydrogens (tertiary/aromatic N) is 3. The first-order valence-electron chi connectivity index (χ1n) is 8.07. The van der Waals surface area contributed by atoms with Crippen LogP contribution < -0.4 is 5.32 Å². The van der Waals surface area contributed by atoms with Gasteiger partial charge < -0.3 is 10.2 Å². The fraction of sp³-hybridized carbons (Fsp3) is 0.150. The standard InChI is InChI=1S/C20H20N4O/c1-15-8-6-7-11-17(15)23-19-12-18(21-14-22-19)20(25)24(2)13-16-9-4-3-5-10-16/h3-12,14H,13H2,1-2H3,(H,21,22,23). The number of para-hydroxylation sites is 1. The van der Waals surface area contributed by atoms with Gasteiger partial charge in [-0.15, -0.1) is 0 Å². The van der Waals surface area contributed by atoms with Crippen molar-refractivity contribution in [2.45, 2.75) is 13.5 Å². The number of benzene rings is 2. The van der Waals surface area contributed by atoms with Crippen LogP contribution >= 0.6 is 0 Å². The Hall–Kier alpha value is -3.21. The Morgan fingerprint density at radius 3 is 2.52 bits per heavy atom. The van der Waals surface area contributed by atoms with Gasteiger partial charge in [-0.05, 0) is 24.1 Å². The second-order valence-electron chi connectivity index (χ2n) is 5.88. The number of hydrogen-bond donors (Lipinski definition) is 1. The predicted octanol–water partition coefficient (Wildman–Crippen LogP) is 3.80. The Bertz CT molecular complexity index is 864. The van der Waals surface area contributed by atoms with E-state index in [4.69, 9.17) is 0 Å². The van der Waals surface area contributed by atoms with Crippen LogP contribution in [0.5, 0.6) is 0 Å². The minimum Gasteiger partial charge on any atom is -0.340 e. The van der Waals surface area contributed by atoms with Crippen LogP contribution in [0, 0.1) is 6.92 Å². The maximum absolute atomic E-state index is 12.6. The zero-order chi connectivity index (χ0) is 17.6. The van der Waals surface area contributed by atoms with Crippen molar-refractivity contribution in [1.29, 1.82) is 0 Å². The molecule has 0 spiro atoms. The minimum absolute atomic E-state index is 0.140. The van der Waals surface area contributed by atoms with Gasteiger partial charge in [0.05, 0.1) is 0 Å². The molecule has 25 heavy (non-hydrogen) atoms. The van der Waals surface area contributed by atoms with Gasteiger partial charge in [-0.25, -0.2) is 9.97 Å². The Balaban J connectivity index is 1.74. The van der Waals surface area contributed by atoms with E-state index in [1.807, 2.05) is 61.5 Å². The average Bonchev–Trinajstić information content (AvgIpc) is 2.64. The number of aryl methyl sites for hydroxylation is 1. The van der Waals surface area contributed by atoms with Crippen molar-refractivity contribution in [3.8, 4) is 0 Å². The molecule has 0 saturated heterocycles. The Labute approximate surface area is 147 Å². The summed E-state index contributed by atoms with van der Waals surface area (Å²) in [5.41, 5.74) is 3.50. The van der Waals surface area contributed by atoms with E-state index < -0.39 is 0 Å². The number of carbonyl (C=O) groups excluding carboxylic acids is 1. The molecule has 0 aliphatic heterocycles. The molecule has 5 heteroatoms. The molecule has 1 N–H and O–H groups in total. The summed E-state index contributed by atoms with van der Waals surface area (Å²) in [7, 11) is 1.77. The fourth-order valence-electron chi connectivity index (χ4n) is 2.52. The molecule has 1 aromatic heterocycles. The molecule has 1 heterocycles. The maximum atomic E-state index is 12.6. The number of hydrogen-bond acceptors (Lipinski definition) is 4. The molecule has 3 aromatic rings. The van der Waals surface area contributed by atoms with Crippen molar-refractivity contribution < 1.29 is 4.79 Å². The van der Waals surface area contributed by atoms with Crippen LogP contribution in [0.4, 0.5) is 11.5 Å². The number of nitrogens with one attached hydrogen (secondary N) is 1. The molecular formula is C20H20N4O. The quantitative estimate of drug-likeness (QED) is 0.772. The van der Waals surface area contributed by atoms with Crippen molar-refractivity contribution in [3.63, 3.8) is 0 Å². The topological polar surface area (TPSA) is 58.1 Å². The number of amides is 1. The second kappa shape index (κ2) is 7.57. The van der Waals surface area contributed by atoms with Crippen LogP contribution in [0.25, 0.3) is 0 Å². The summed E-state index contributed by atoms with van der Waals surface area (Å²) in [5, 5.41) is 3.23. The van der Waals surface area contributed by atoms with Crippen molar-refractivity contribution in [2.75, 3.05) is 12.4 Å². The molecule has 0 fully saturated rings. The molecule has 0 bridgehead atoms. The van der Waals surface area contributed by atoms with Gasteiger partial charge in [-0.3, -0.25) is 4.79 Å². The van der Waals surface area contributed by atoms with Gasteiger partial charge in [-0.2, -0.15) is 0 Å². The molecule has 126 valence electrons. The largest absolute Gasteiger partial charge is 0.340 e. The van der Waals surface area contributed by atoms with Gasteiger partial charge in [0, 0.05) is 25.3 Å². The lowest BCUT2D eigenvalue weighted by atomic mass is 10.2. The highest BCUT2D eigenvalue weighted by atomic mass is 16.2. The summed E-state index contributed by atoms with van der Waals surface area (Å²) in [5.74, 6) is 0.458. The van der Waals surface area contributed by atoms with Crippen molar-refractivity contribution >= 4 is 17.4 Å². The normalized spacial score (nSPS) is 10.3. The zero-order valence-electron chi connectivity index (χ0n) is 14.3. The van der Waals surface area contributed by atoms with E-state index in [0.29, 0.717) is 18.1 Å². The highest BCUT2D eigenvalue weighted by Crippen LogP contribution is 2.19. The second-order valence-corrected chi connectivity index (χ2v) is 5.88. The molecule has 0 atom stereocenters. The Kier molecular flexibility index (Phi) is 5.04. The third-order valence-electron chi connectivity index (χ3n) is 3.90. The van der Waals surface area contributed by atoms with Crippen LogP contribution in [0.15, 0.2) is 67.0 Å². The molecule has 3 rings (SSSR count). The minimum atomic E-state index is -0.140. The average molecular weight is 332 g/mol. The summed E-state index contributed by atoms with van der Waals surface area (Å²) in [4.78, 5) is 22.6. The van der Waals surface area contributed by atoms with E-state index in [1.54, 1.807) is 18.0 Å². The SMILES string of the molecule is Cc1ccccc1Nc1cc(C(=O)N(C)Cc2ccccc2)ncn1. The summed E-state index contributed by atoms with van der Waals surface area (Å²) in [6, 6.07) is 19.5. The predicted molar refractivity (Wildman–Crippen MR) is 98.7 cm³/mol. The van der Waals surface area contributed by atoms with E-state index in [0.717, 1.165) is 16.8 Å². The lowest BCUT2D eigenvalue weighted by molar-refractivity contribution is 0.0779. The van der Waals surface area contributed by atoms with Crippen LogP contribution in [-0.2, 0) is 6.54 Å². The van der Waals surface area contributed by atoms with Gasteiger partial charge in [-0.1, -0.05) is 48.5 Å². The van der Waals surface area contributed by atoms with E-state index >= 15 is 0 Å². The third-order valence-corrected chi connectivity index (χ3v) is 3.90. The lowest BCUT2D eigenvalue weighted by Crippen LogP contribution is -2.27. The lowest BCUT2D eigenvalue weighted by Gasteiger charge is -2.17. The highest BCUT2D eigenvalue weighted by molar-refractivity contribution is 5.92. The number of anilines is 2. The molecule has 2 aromatic carbocycles. The van der Waals surface area contributed by atoms with Crippen molar-refractivity contribution in [1.82, 2.24) is 14.9 Å². The first kappa shape index (κ1) is 16.6. The first-order chi connectivity index (χ1) is 12.1. The van der Waals surface area contributed by atoms with Gasteiger partial charge in [0.15, 0.2) is 0 Å². The maximum Gasteiger partial charge on any atom is 0.272 e. The van der Waals surface area contributed by atoms with Crippen LogP contribution in [0.2, 0.25) is 0 Å². The van der Waals surface area contributed by atoms with Crippen LogP contribution in [0.1, 0.15) is 21.6 Å². The molecule has 0 radical (unpaired) electrons. The van der Waals surface area contributed by atoms with Crippen LogP contribution in [0.3, 0.4) is 0 Å². The summed E-state index contributed by atoms with van der Waals surface area (Å²) >= 11 is 0. The van der Waals surface area contributed by atoms with E-state index in [9.17, 15) is 4.79 Å². The smallest absolute Gasteiger partial charge is 0.272 e. The van der Waals surface area contributed by atoms with Gasteiger partial charge in [0.1, 0.15) is 17.8 Å². The zero-order valence-corrected chi connectivity index (χ0v) is 14.3. The molecule has 1 amide bonds. The monoisotopic (exact) mass is 332 g/mol. The van der Waals surface area contributed by atoms with Crippen molar-refractivity contribution in [3.05, 3.63) is 83.8 Å². The van der Waals surface area contributed by atoms with Crippen LogP contribution in [-0.4, -0.2) is 27.8 Å². The van der Waals surface area contributed by atoms with Gasteiger partial charge in [0.2, 0.25) is 0 Å². The molecule has 5 nitrogen and oxygen atoms in total.